The number of phenols is 1. The first-order valence-corrected chi connectivity index (χ1v) is 9.83. The van der Waals surface area contributed by atoms with E-state index in [4.69, 9.17) is 14.0 Å². The van der Waals surface area contributed by atoms with E-state index in [1.807, 2.05) is 0 Å². The molecule has 0 radical (unpaired) electrons. The summed E-state index contributed by atoms with van der Waals surface area (Å²) in [6.45, 7) is 0. The summed E-state index contributed by atoms with van der Waals surface area (Å²) in [7, 11) is 2.55. The van der Waals surface area contributed by atoms with Crippen LogP contribution in [0.1, 0.15) is 5.69 Å². The summed E-state index contributed by atoms with van der Waals surface area (Å²) in [5.74, 6) is -1.63. The molecule has 0 amide bonds. The molecule has 0 aliphatic carbocycles. The molecule has 1 N–H and O–H groups in total. The lowest BCUT2D eigenvalue weighted by Gasteiger charge is -2.14. The third kappa shape index (κ3) is 3.04. The number of nitrogens with zero attached hydrogens (tertiary/aromatic N) is 3. The number of ether oxygens (including phenoxy) is 2. The second kappa shape index (κ2) is 7.65. The molecule has 0 unspecified atom stereocenters. The number of benzene rings is 3. The highest BCUT2D eigenvalue weighted by Crippen LogP contribution is 2.49. The maximum absolute atomic E-state index is 14.7. The minimum absolute atomic E-state index is 0.0405. The van der Waals surface area contributed by atoms with Gasteiger partial charge in [0, 0.05) is 5.39 Å². The molecular weight excluding hydrogens is 458 g/mol. The van der Waals surface area contributed by atoms with Crippen LogP contribution in [0.4, 0.5) is 17.6 Å². The number of aromatic nitrogens is 3. The number of para-hydroxylation sites is 2. The molecule has 0 atom stereocenters. The average Bonchev–Trinajstić information content (AvgIpc) is 3.44. The zero-order chi connectivity index (χ0) is 24.2. The van der Waals surface area contributed by atoms with Gasteiger partial charge in [-0.05, 0) is 18.2 Å². The van der Waals surface area contributed by atoms with E-state index in [9.17, 15) is 22.7 Å². The molecule has 3 aromatic carbocycles. The highest BCUT2D eigenvalue weighted by Gasteiger charge is 2.41. The number of alkyl halides is 3. The Morgan fingerprint density at radius 1 is 1.00 bits per heavy atom. The number of rotatable bonds is 4. The lowest BCUT2D eigenvalue weighted by Crippen LogP contribution is -2.15. The minimum Gasteiger partial charge on any atom is -0.504 e. The van der Waals surface area contributed by atoms with Crippen LogP contribution in [0.15, 0.2) is 53.2 Å². The zero-order valence-corrected chi connectivity index (χ0v) is 17.6. The predicted octanol–water partition coefficient (Wildman–Crippen LogP) is 5.71. The molecule has 2 heterocycles. The van der Waals surface area contributed by atoms with Crippen LogP contribution in [0, 0.1) is 5.82 Å². The van der Waals surface area contributed by atoms with Crippen LogP contribution < -0.4 is 9.47 Å². The largest absolute Gasteiger partial charge is 0.504 e. The van der Waals surface area contributed by atoms with Crippen molar-refractivity contribution in [2.75, 3.05) is 14.2 Å². The molecule has 0 aliphatic heterocycles. The number of methoxy groups -OCH3 is 2. The maximum Gasteiger partial charge on any atom is 0.434 e. The van der Waals surface area contributed by atoms with Gasteiger partial charge in [0.15, 0.2) is 23.0 Å². The number of fused-ring (bicyclic) bond motifs is 3. The topological polar surface area (TPSA) is 82.5 Å². The summed E-state index contributed by atoms with van der Waals surface area (Å²) in [5.41, 5.74) is -1.71. The predicted molar refractivity (Wildman–Crippen MR) is 114 cm³/mol. The molecular formula is C23H15F4N3O4. The number of phenolic OH excluding ortho intramolecular Hbond substituents is 1. The molecule has 0 fully saturated rings. The van der Waals surface area contributed by atoms with E-state index in [0.29, 0.717) is 4.68 Å². The normalized spacial score (nSPS) is 11.9. The minimum atomic E-state index is -4.89. The highest BCUT2D eigenvalue weighted by atomic mass is 19.4. The number of hydrogen-bond donors (Lipinski definition) is 1. The average molecular weight is 473 g/mol. The van der Waals surface area contributed by atoms with Crippen molar-refractivity contribution in [1.29, 1.82) is 0 Å². The Hall–Kier alpha value is -4.28. The van der Waals surface area contributed by atoms with Gasteiger partial charge in [0.25, 0.3) is 0 Å². The van der Waals surface area contributed by atoms with Gasteiger partial charge in [-0.1, -0.05) is 29.4 Å². The van der Waals surface area contributed by atoms with Gasteiger partial charge in [0.1, 0.15) is 22.8 Å². The van der Waals surface area contributed by atoms with E-state index in [0.717, 1.165) is 12.3 Å². The Morgan fingerprint density at radius 3 is 2.47 bits per heavy atom. The molecule has 174 valence electrons. The fourth-order valence-corrected chi connectivity index (χ4v) is 4.03. The number of hydrogen-bond acceptors (Lipinski definition) is 6. The van der Waals surface area contributed by atoms with E-state index in [-0.39, 0.29) is 44.6 Å². The van der Waals surface area contributed by atoms with Crippen LogP contribution in [0.3, 0.4) is 0 Å². The third-order valence-electron chi connectivity index (χ3n) is 5.44. The highest BCUT2D eigenvalue weighted by molar-refractivity contribution is 6.15. The van der Waals surface area contributed by atoms with Gasteiger partial charge >= 0.3 is 6.18 Å². The summed E-state index contributed by atoms with van der Waals surface area (Å²) in [6.07, 6.45) is -3.93. The van der Waals surface area contributed by atoms with E-state index < -0.39 is 29.0 Å². The zero-order valence-electron chi connectivity index (χ0n) is 17.6. The molecule has 0 spiro atoms. The maximum atomic E-state index is 14.7. The number of aromatic hydroxyl groups is 1. The summed E-state index contributed by atoms with van der Waals surface area (Å²) in [5, 5.41) is 18.3. The van der Waals surface area contributed by atoms with Gasteiger partial charge in [-0.3, -0.25) is 0 Å². The van der Waals surface area contributed by atoms with Crippen molar-refractivity contribution < 1.29 is 36.7 Å². The second-order valence-electron chi connectivity index (χ2n) is 7.27. The molecule has 11 heteroatoms. The molecule has 34 heavy (non-hydrogen) atoms. The fraction of sp³-hybridized carbons (Fsp3) is 0.130. The van der Waals surface area contributed by atoms with Gasteiger partial charge in [0.05, 0.1) is 36.8 Å². The van der Waals surface area contributed by atoms with Crippen molar-refractivity contribution in [2.45, 2.75) is 6.18 Å². The van der Waals surface area contributed by atoms with Gasteiger partial charge in [-0.25, -0.2) is 9.07 Å². The Bertz CT molecular complexity index is 1560. The lowest BCUT2D eigenvalue weighted by atomic mass is 10.0. The van der Waals surface area contributed by atoms with Crippen molar-refractivity contribution >= 4 is 21.7 Å². The second-order valence-corrected chi connectivity index (χ2v) is 7.27. The summed E-state index contributed by atoms with van der Waals surface area (Å²) >= 11 is 0. The van der Waals surface area contributed by atoms with Crippen molar-refractivity contribution in [1.82, 2.24) is 14.9 Å². The molecule has 0 bridgehead atoms. The van der Waals surface area contributed by atoms with Crippen molar-refractivity contribution in [3.63, 3.8) is 0 Å². The molecule has 0 saturated carbocycles. The smallest absolute Gasteiger partial charge is 0.434 e. The Balaban J connectivity index is 1.88. The Labute approximate surface area is 188 Å². The van der Waals surface area contributed by atoms with Crippen LogP contribution in [-0.4, -0.2) is 34.3 Å². The van der Waals surface area contributed by atoms with Crippen LogP contribution >= 0.6 is 0 Å². The quantitative estimate of drug-likeness (QED) is 0.337. The SMILES string of the molecule is COc1ccccc1-n1ncc(-c2onc3c2c(OC)c(O)c2cccc(F)c23)c1C(F)(F)F. The van der Waals surface area contributed by atoms with Crippen molar-refractivity contribution in [3.05, 3.63) is 60.2 Å². The van der Waals surface area contributed by atoms with E-state index >= 15 is 0 Å². The van der Waals surface area contributed by atoms with Crippen LogP contribution in [-0.2, 0) is 6.18 Å². The number of halogens is 4. The first kappa shape index (κ1) is 21.6. The van der Waals surface area contributed by atoms with Crippen molar-refractivity contribution in [2.24, 2.45) is 0 Å². The lowest BCUT2D eigenvalue weighted by molar-refractivity contribution is -0.142. The first-order chi connectivity index (χ1) is 16.3. The van der Waals surface area contributed by atoms with Gasteiger partial charge in [-0.2, -0.15) is 18.3 Å². The Kier molecular flexibility index (Phi) is 4.85. The Morgan fingerprint density at radius 2 is 1.76 bits per heavy atom. The van der Waals surface area contributed by atoms with Gasteiger partial charge < -0.3 is 19.1 Å². The third-order valence-corrected chi connectivity index (χ3v) is 5.44. The molecule has 0 aliphatic rings. The summed E-state index contributed by atoms with van der Waals surface area (Å²) < 4.78 is 74.1. The molecule has 5 rings (SSSR count). The van der Waals surface area contributed by atoms with Gasteiger partial charge in [-0.15, -0.1) is 0 Å². The monoisotopic (exact) mass is 473 g/mol. The first-order valence-electron chi connectivity index (χ1n) is 9.83. The van der Waals surface area contributed by atoms with Crippen LogP contribution in [0.5, 0.6) is 17.2 Å². The van der Waals surface area contributed by atoms with Crippen LogP contribution in [0.2, 0.25) is 0 Å². The van der Waals surface area contributed by atoms with Gasteiger partial charge in [0.2, 0.25) is 0 Å². The van der Waals surface area contributed by atoms with E-state index in [1.165, 1.54) is 38.5 Å². The van der Waals surface area contributed by atoms with Crippen molar-refractivity contribution in [3.8, 4) is 34.3 Å². The summed E-state index contributed by atoms with van der Waals surface area (Å²) in [4.78, 5) is 0. The molecule has 5 aromatic rings. The van der Waals surface area contributed by atoms with E-state index in [2.05, 4.69) is 10.3 Å². The van der Waals surface area contributed by atoms with E-state index in [1.54, 1.807) is 12.1 Å². The fourth-order valence-electron chi connectivity index (χ4n) is 4.03. The summed E-state index contributed by atoms with van der Waals surface area (Å²) in [6, 6.07) is 10.0. The standard InChI is InChI=1S/C23H15F4N3O4/c1-32-15-9-4-3-8-14(15)30-22(23(25,26)27)12(10-28-30)20-17-18(29-34-20)16-11(6-5-7-13(16)24)19(31)21(17)33-2/h3-10,31H,1-2H3. The molecule has 2 aromatic heterocycles. The van der Waals surface area contributed by atoms with Crippen LogP contribution in [0.25, 0.3) is 38.7 Å². The molecule has 7 nitrogen and oxygen atoms in total. The molecule has 0 saturated heterocycles.